The third-order valence-corrected chi connectivity index (χ3v) is 3.23. The van der Waals surface area contributed by atoms with Gasteiger partial charge in [-0.25, -0.2) is 8.42 Å². The number of sulfonamides is 1. The number of nitrogens with one attached hydrogen (secondary N) is 2. The van der Waals surface area contributed by atoms with E-state index >= 15 is 0 Å². The standard InChI is InChI=1S/C10H16N2O2S/c1-3-11-9-5-7-10(8-6-9)12-15(13,14)4-2/h5-8,11-12H,3-4H2,1-2H3. The molecule has 0 aliphatic rings. The average Bonchev–Trinajstić information content (AvgIpc) is 2.21. The van der Waals surface area contributed by atoms with Crippen molar-refractivity contribution < 1.29 is 8.42 Å². The van der Waals surface area contributed by atoms with Gasteiger partial charge < -0.3 is 5.32 Å². The predicted octanol–water partition coefficient (Wildman–Crippen LogP) is 1.88. The fraction of sp³-hybridized carbons (Fsp3) is 0.400. The fourth-order valence-electron chi connectivity index (χ4n) is 1.11. The van der Waals surface area contributed by atoms with Crippen molar-refractivity contribution in [2.24, 2.45) is 0 Å². The van der Waals surface area contributed by atoms with Crippen molar-refractivity contribution in [2.45, 2.75) is 13.8 Å². The van der Waals surface area contributed by atoms with Gasteiger partial charge in [0, 0.05) is 17.9 Å². The molecule has 0 fully saturated rings. The van der Waals surface area contributed by atoms with Gasteiger partial charge >= 0.3 is 0 Å². The quantitative estimate of drug-likeness (QED) is 0.809. The molecule has 0 aliphatic carbocycles. The molecule has 0 saturated carbocycles. The molecule has 0 unspecified atom stereocenters. The molecule has 0 saturated heterocycles. The summed E-state index contributed by atoms with van der Waals surface area (Å²) in [6, 6.07) is 7.17. The van der Waals surface area contributed by atoms with Gasteiger partial charge in [0.2, 0.25) is 10.0 Å². The first-order valence-electron chi connectivity index (χ1n) is 4.92. The van der Waals surface area contributed by atoms with E-state index in [-0.39, 0.29) is 5.75 Å². The summed E-state index contributed by atoms with van der Waals surface area (Å²) in [4.78, 5) is 0. The van der Waals surface area contributed by atoms with Crippen molar-refractivity contribution >= 4 is 21.4 Å². The van der Waals surface area contributed by atoms with Crippen LogP contribution in [0.5, 0.6) is 0 Å². The summed E-state index contributed by atoms with van der Waals surface area (Å²) in [6.45, 7) is 4.46. The van der Waals surface area contributed by atoms with Crippen molar-refractivity contribution in [3.05, 3.63) is 24.3 Å². The predicted molar refractivity (Wildman–Crippen MR) is 63.7 cm³/mol. The number of anilines is 2. The highest BCUT2D eigenvalue weighted by molar-refractivity contribution is 7.92. The molecule has 2 N–H and O–H groups in total. The molecule has 0 aliphatic heterocycles. The second-order valence-corrected chi connectivity index (χ2v) is 5.12. The zero-order valence-corrected chi connectivity index (χ0v) is 9.76. The third-order valence-electron chi connectivity index (χ3n) is 1.92. The first-order valence-corrected chi connectivity index (χ1v) is 6.57. The molecule has 1 rings (SSSR count). The lowest BCUT2D eigenvalue weighted by molar-refractivity contribution is 0.602. The van der Waals surface area contributed by atoms with Crippen LogP contribution in [0.1, 0.15) is 13.8 Å². The molecule has 0 heterocycles. The number of benzene rings is 1. The third kappa shape index (κ3) is 3.79. The van der Waals surface area contributed by atoms with E-state index in [1.54, 1.807) is 19.1 Å². The highest BCUT2D eigenvalue weighted by atomic mass is 32.2. The SMILES string of the molecule is CCNc1ccc(NS(=O)(=O)CC)cc1. The molecule has 0 spiro atoms. The Balaban J connectivity index is 2.73. The van der Waals surface area contributed by atoms with Gasteiger partial charge in [-0.05, 0) is 38.1 Å². The van der Waals surface area contributed by atoms with Crippen LogP contribution in [0.3, 0.4) is 0 Å². The minimum Gasteiger partial charge on any atom is -0.385 e. The van der Waals surface area contributed by atoms with E-state index in [0.29, 0.717) is 5.69 Å². The summed E-state index contributed by atoms with van der Waals surface area (Å²) >= 11 is 0. The molecular weight excluding hydrogens is 212 g/mol. The minimum absolute atomic E-state index is 0.0853. The van der Waals surface area contributed by atoms with Crippen LogP contribution < -0.4 is 10.0 Å². The van der Waals surface area contributed by atoms with Crippen molar-refractivity contribution in [3.8, 4) is 0 Å². The van der Waals surface area contributed by atoms with E-state index in [9.17, 15) is 8.42 Å². The maximum Gasteiger partial charge on any atom is 0.232 e. The van der Waals surface area contributed by atoms with Gasteiger partial charge in [-0.2, -0.15) is 0 Å². The summed E-state index contributed by atoms with van der Waals surface area (Å²) in [5.41, 5.74) is 1.58. The molecule has 0 amide bonds. The molecule has 84 valence electrons. The smallest absolute Gasteiger partial charge is 0.232 e. The number of rotatable bonds is 5. The second kappa shape index (κ2) is 5.02. The van der Waals surface area contributed by atoms with E-state index in [1.807, 2.05) is 19.1 Å². The van der Waals surface area contributed by atoms with Gasteiger partial charge in [0.15, 0.2) is 0 Å². The molecule has 4 nitrogen and oxygen atoms in total. The maximum atomic E-state index is 11.3. The van der Waals surface area contributed by atoms with E-state index in [0.717, 1.165) is 12.2 Å². The van der Waals surface area contributed by atoms with E-state index < -0.39 is 10.0 Å². The van der Waals surface area contributed by atoms with Crippen molar-refractivity contribution in [3.63, 3.8) is 0 Å². The van der Waals surface area contributed by atoms with Gasteiger partial charge in [0.25, 0.3) is 0 Å². The fourth-order valence-corrected chi connectivity index (χ4v) is 1.75. The zero-order chi connectivity index (χ0) is 11.3. The molecule has 0 atom stereocenters. The molecule has 0 aromatic heterocycles. The highest BCUT2D eigenvalue weighted by Crippen LogP contribution is 2.14. The van der Waals surface area contributed by atoms with E-state index in [2.05, 4.69) is 10.0 Å². The van der Waals surface area contributed by atoms with Crippen LogP contribution in [0.2, 0.25) is 0 Å². The van der Waals surface area contributed by atoms with Crippen LogP contribution in [-0.4, -0.2) is 20.7 Å². The highest BCUT2D eigenvalue weighted by Gasteiger charge is 2.05. The number of hydrogen-bond donors (Lipinski definition) is 2. The largest absolute Gasteiger partial charge is 0.385 e. The van der Waals surface area contributed by atoms with Crippen molar-refractivity contribution in [1.29, 1.82) is 0 Å². The maximum absolute atomic E-state index is 11.3. The lowest BCUT2D eigenvalue weighted by Gasteiger charge is -2.07. The Morgan fingerprint density at radius 2 is 1.60 bits per heavy atom. The molecule has 1 aromatic carbocycles. The van der Waals surface area contributed by atoms with Crippen LogP contribution in [0, 0.1) is 0 Å². The Bertz CT molecular complexity index is 398. The summed E-state index contributed by atoms with van der Waals surface area (Å²) in [7, 11) is -3.17. The molecule has 1 aromatic rings. The molecule has 0 radical (unpaired) electrons. The van der Waals surface area contributed by atoms with Crippen LogP contribution in [0.4, 0.5) is 11.4 Å². The second-order valence-electron chi connectivity index (χ2n) is 3.11. The van der Waals surface area contributed by atoms with Crippen LogP contribution in [-0.2, 0) is 10.0 Å². The zero-order valence-electron chi connectivity index (χ0n) is 8.95. The summed E-state index contributed by atoms with van der Waals surface area (Å²) in [6.07, 6.45) is 0. The molecular formula is C10H16N2O2S. The molecule has 15 heavy (non-hydrogen) atoms. The Kier molecular flexibility index (Phi) is 3.96. The van der Waals surface area contributed by atoms with E-state index in [1.165, 1.54) is 0 Å². The normalized spacial score (nSPS) is 11.1. The van der Waals surface area contributed by atoms with Gasteiger partial charge in [-0.1, -0.05) is 0 Å². The van der Waals surface area contributed by atoms with Gasteiger partial charge in [-0.15, -0.1) is 0 Å². The van der Waals surface area contributed by atoms with Crippen LogP contribution in [0.15, 0.2) is 24.3 Å². The van der Waals surface area contributed by atoms with Crippen LogP contribution in [0.25, 0.3) is 0 Å². The Labute approximate surface area is 90.8 Å². The van der Waals surface area contributed by atoms with Gasteiger partial charge in [-0.3, -0.25) is 4.72 Å². The summed E-state index contributed by atoms with van der Waals surface area (Å²) in [5.74, 6) is 0.0853. The van der Waals surface area contributed by atoms with Gasteiger partial charge in [0.05, 0.1) is 5.75 Å². The van der Waals surface area contributed by atoms with Crippen molar-refractivity contribution in [2.75, 3.05) is 22.3 Å². The Morgan fingerprint density at radius 3 is 2.07 bits per heavy atom. The molecule has 0 bridgehead atoms. The monoisotopic (exact) mass is 228 g/mol. The summed E-state index contributed by atoms with van der Waals surface area (Å²) in [5, 5.41) is 3.13. The molecule has 5 heteroatoms. The average molecular weight is 228 g/mol. The first-order chi connectivity index (χ1) is 7.07. The van der Waals surface area contributed by atoms with Gasteiger partial charge in [0.1, 0.15) is 0 Å². The Morgan fingerprint density at radius 1 is 1.07 bits per heavy atom. The topological polar surface area (TPSA) is 58.2 Å². The number of hydrogen-bond acceptors (Lipinski definition) is 3. The Hall–Kier alpha value is -1.23. The first kappa shape index (κ1) is 11.8. The lowest BCUT2D eigenvalue weighted by Crippen LogP contribution is -2.14. The lowest BCUT2D eigenvalue weighted by atomic mass is 10.3. The van der Waals surface area contributed by atoms with Crippen LogP contribution >= 0.6 is 0 Å². The minimum atomic E-state index is -3.17. The summed E-state index contributed by atoms with van der Waals surface area (Å²) < 4.78 is 25.0. The van der Waals surface area contributed by atoms with Crippen molar-refractivity contribution in [1.82, 2.24) is 0 Å². The van der Waals surface area contributed by atoms with E-state index in [4.69, 9.17) is 0 Å².